The number of hydrogen-bond acceptors (Lipinski definition) is 2. The van der Waals surface area contributed by atoms with Gasteiger partial charge < -0.3 is 4.74 Å². The lowest BCUT2D eigenvalue weighted by Gasteiger charge is -2.06. The van der Waals surface area contributed by atoms with E-state index >= 15 is 0 Å². The van der Waals surface area contributed by atoms with Crippen molar-refractivity contribution in [2.45, 2.75) is 19.3 Å². The molecule has 0 aliphatic heterocycles. The van der Waals surface area contributed by atoms with Gasteiger partial charge in [0.2, 0.25) is 0 Å². The Balaban J connectivity index is 2.53. The average Bonchev–Trinajstić information content (AvgIpc) is 2.25. The maximum atomic E-state index is 11.4. The summed E-state index contributed by atoms with van der Waals surface area (Å²) >= 11 is 17.2. The fourth-order valence-electron chi connectivity index (χ4n) is 1.10. The predicted octanol–water partition coefficient (Wildman–Crippen LogP) is 4.31. The van der Waals surface area contributed by atoms with E-state index in [1.807, 2.05) is 0 Å². The summed E-state index contributed by atoms with van der Waals surface area (Å²) in [5, 5.41) is 0.627. The first-order chi connectivity index (χ1) is 7.65. The second-order valence-electron chi connectivity index (χ2n) is 3.17. The molecule has 0 heterocycles. The molecular formula is C11H11Cl3O2. The van der Waals surface area contributed by atoms with Gasteiger partial charge in [0.1, 0.15) is 5.02 Å². The SMILES string of the molecule is O=C(CCCCCl)Oc1cccc(Cl)c1Cl. The van der Waals surface area contributed by atoms with E-state index in [-0.39, 0.29) is 11.0 Å². The minimum Gasteiger partial charge on any atom is -0.425 e. The Morgan fingerprint density at radius 3 is 2.69 bits per heavy atom. The van der Waals surface area contributed by atoms with E-state index in [0.29, 0.717) is 29.5 Å². The monoisotopic (exact) mass is 280 g/mol. The van der Waals surface area contributed by atoms with Crippen LogP contribution in [0.25, 0.3) is 0 Å². The lowest BCUT2D eigenvalue weighted by molar-refractivity contribution is -0.134. The van der Waals surface area contributed by atoms with Crippen LogP contribution in [0.15, 0.2) is 18.2 Å². The van der Waals surface area contributed by atoms with Crippen molar-refractivity contribution >= 4 is 40.8 Å². The summed E-state index contributed by atoms with van der Waals surface area (Å²) in [6.45, 7) is 0. The zero-order valence-corrected chi connectivity index (χ0v) is 10.8. The largest absolute Gasteiger partial charge is 0.425 e. The molecule has 0 fully saturated rings. The van der Waals surface area contributed by atoms with Gasteiger partial charge in [0.25, 0.3) is 0 Å². The van der Waals surface area contributed by atoms with Gasteiger partial charge in [-0.05, 0) is 25.0 Å². The second kappa shape index (κ2) is 7.00. The third-order valence-electron chi connectivity index (χ3n) is 1.90. The Labute approximate surface area is 109 Å². The fourth-order valence-corrected chi connectivity index (χ4v) is 1.62. The minimum absolute atomic E-state index is 0.259. The Hall–Kier alpha value is -0.440. The molecular weight excluding hydrogens is 270 g/mol. The number of benzene rings is 1. The van der Waals surface area contributed by atoms with Crippen LogP contribution in [0.3, 0.4) is 0 Å². The number of unbranched alkanes of at least 4 members (excludes halogenated alkanes) is 1. The molecule has 0 aliphatic rings. The molecule has 0 aromatic heterocycles. The first kappa shape index (κ1) is 13.6. The highest BCUT2D eigenvalue weighted by molar-refractivity contribution is 6.43. The quantitative estimate of drug-likeness (QED) is 0.348. The van der Waals surface area contributed by atoms with Crippen LogP contribution < -0.4 is 4.74 Å². The summed E-state index contributed by atoms with van der Waals surface area (Å²) in [5.74, 6) is 0.518. The zero-order chi connectivity index (χ0) is 12.0. The third kappa shape index (κ3) is 4.20. The third-order valence-corrected chi connectivity index (χ3v) is 2.97. The van der Waals surface area contributed by atoms with E-state index in [9.17, 15) is 4.79 Å². The number of esters is 1. The number of hydrogen-bond donors (Lipinski definition) is 0. The number of halogens is 3. The Morgan fingerprint density at radius 2 is 2.00 bits per heavy atom. The van der Waals surface area contributed by atoms with Gasteiger partial charge in [-0.25, -0.2) is 0 Å². The van der Waals surface area contributed by atoms with Crippen LogP contribution in [0.5, 0.6) is 5.75 Å². The first-order valence-electron chi connectivity index (χ1n) is 4.86. The maximum absolute atomic E-state index is 11.4. The van der Waals surface area contributed by atoms with E-state index in [1.54, 1.807) is 18.2 Å². The highest BCUT2D eigenvalue weighted by Crippen LogP contribution is 2.31. The molecule has 1 aromatic rings. The van der Waals surface area contributed by atoms with Crippen LogP contribution in [0.4, 0.5) is 0 Å². The molecule has 0 atom stereocenters. The van der Waals surface area contributed by atoms with Crippen molar-refractivity contribution in [2.75, 3.05) is 5.88 Å². The first-order valence-corrected chi connectivity index (χ1v) is 6.15. The molecule has 16 heavy (non-hydrogen) atoms. The standard InChI is InChI=1S/C11H11Cl3O2/c12-7-2-1-6-10(15)16-9-5-3-4-8(13)11(9)14/h3-5H,1-2,6-7H2. The van der Waals surface area contributed by atoms with Crippen molar-refractivity contribution in [1.29, 1.82) is 0 Å². The van der Waals surface area contributed by atoms with Crippen molar-refractivity contribution < 1.29 is 9.53 Å². The number of alkyl halides is 1. The molecule has 0 saturated heterocycles. The molecule has 0 radical (unpaired) electrons. The van der Waals surface area contributed by atoms with Crippen LogP contribution >= 0.6 is 34.8 Å². The molecule has 0 saturated carbocycles. The summed E-state index contributed by atoms with van der Waals surface area (Å²) in [7, 11) is 0. The highest BCUT2D eigenvalue weighted by Gasteiger charge is 2.09. The number of ether oxygens (including phenoxy) is 1. The number of carbonyl (C=O) groups excluding carboxylic acids is 1. The predicted molar refractivity (Wildman–Crippen MR) is 66.7 cm³/mol. The maximum Gasteiger partial charge on any atom is 0.311 e. The van der Waals surface area contributed by atoms with E-state index < -0.39 is 0 Å². The summed E-state index contributed by atoms with van der Waals surface area (Å²) in [6, 6.07) is 4.91. The van der Waals surface area contributed by atoms with E-state index in [0.717, 1.165) is 6.42 Å². The van der Waals surface area contributed by atoms with Gasteiger partial charge in [0.15, 0.2) is 5.75 Å². The molecule has 0 unspecified atom stereocenters. The lowest BCUT2D eigenvalue weighted by atomic mass is 10.2. The molecule has 0 N–H and O–H groups in total. The molecule has 5 heteroatoms. The molecule has 0 bridgehead atoms. The van der Waals surface area contributed by atoms with Gasteiger partial charge in [-0.3, -0.25) is 4.79 Å². The van der Waals surface area contributed by atoms with Gasteiger partial charge >= 0.3 is 5.97 Å². The van der Waals surface area contributed by atoms with E-state index in [1.165, 1.54) is 0 Å². The summed E-state index contributed by atoms with van der Waals surface area (Å²) in [5.41, 5.74) is 0. The molecule has 88 valence electrons. The smallest absolute Gasteiger partial charge is 0.311 e. The number of carbonyl (C=O) groups is 1. The lowest BCUT2D eigenvalue weighted by Crippen LogP contribution is -2.07. The Morgan fingerprint density at radius 1 is 1.25 bits per heavy atom. The van der Waals surface area contributed by atoms with Gasteiger partial charge in [0.05, 0.1) is 5.02 Å². The van der Waals surface area contributed by atoms with Gasteiger partial charge in [-0.15, -0.1) is 11.6 Å². The average molecular weight is 282 g/mol. The van der Waals surface area contributed by atoms with Crippen LogP contribution in [-0.2, 0) is 4.79 Å². The zero-order valence-electron chi connectivity index (χ0n) is 8.51. The van der Waals surface area contributed by atoms with Crippen LogP contribution in [0, 0.1) is 0 Å². The minimum atomic E-state index is -0.325. The van der Waals surface area contributed by atoms with Gasteiger partial charge in [-0.1, -0.05) is 29.3 Å². The second-order valence-corrected chi connectivity index (χ2v) is 4.34. The number of rotatable bonds is 5. The Bertz CT molecular complexity index is 366. The summed E-state index contributed by atoms with van der Waals surface area (Å²) in [4.78, 5) is 11.4. The molecule has 0 aliphatic carbocycles. The van der Waals surface area contributed by atoms with Gasteiger partial charge in [0, 0.05) is 12.3 Å². The molecule has 1 aromatic carbocycles. The topological polar surface area (TPSA) is 26.3 Å². The van der Waals surface area contributed by atoms with Crippen molar-refractivity contribution in [3.8, 4) is 5.75 Å². The molecule has 0 amide bonds. The molecule has 1 rings (SSSR count). The Kier molecular flexibility index (Phi) is 5.96. The van der Waals surface area contributed by atoms with Crippen LogP contribution in [0.2, 0.25) is 10.0 Å². The van der Waals surface area contributed by atoms with Crippen molar-refractivity contribution in [3.05, 3.63) is 28.2 Å². The van der Waals surface area contributed by atoms with Gasteiger partial charge in [-0.2, -0.15) is 0 Å². The fraction of sp³-hybridized carbons (Fsp3) is 0.364. The van der Waals surface area contributed by atoms with E-state index in [4.69, 9.17) is 39.5 Å². The van der Waals surface area contributed by atoms with Crippen molar-refractivity contribution in [3.63, 3.8) is 0 Å². The highest BCUT2D eigenvalue weighted by atomic mass is 35.5. The summed E-state index contributed by atoms with van der Waals surface area (Å²) < 4.78 is 5.07. The molecule has 2 nitrogen and oxygen atoms in total. The normalized spacial score (nSPS) is 10.2. The van der Waals surface area contributed by atoms with Crippen LogP contribution in [0.1, 0.15) is 19.3 Å². The van der Waals surface area contributed by atoms with Crippen LogP contribution in [-0.4, -0.2) is 11.8 Å². The molecule has 0 spiro atoms. The van der Waals surface area contributed by atoms with Crippen molar-refractivity contribution in [1.82, 2.24) is 0 Å². The van der Waals surface area contributed by atoms with Crippen molar-refractivity contribution in [2.24, 2.45) is 0 Å². The van der Waals surface area contributed by atoms with E-state index in [2.05, 4.69) is 0 Å². The summed E-state index contributed by atoms with van der Waals surface area (Å²) in [6.07, 6.45) is 1.83.